The highest BCUT2D eigenvalue weighted by Crippen LogP contribution is 2.26. The van der Waals surface area contributed by atoms with Gasteiger partial charge in [-0.1, -0.05) is 22.0 Å². The maximum Gasteiger partial charge on any atom is 0.0744 e. The van der Waals surface area contributed by atoms with Crippen LogP contribution in [0.4, 0.5) is 5.69 Å². The second-order valence-electron chi connectivity index (χ2n) is 4.24. The van der Waals surface area contributed by atoms with Gasteiger partial charge in [-0.25, -0.2) is 0 Å². The van der Waals surface area contributed by atoms with Gasteiger partial charge in [0.15, 0.2) is 0 Å². The lowest BCUT2D eigenvalue weighted by Gasteiger charge is -2.12. The molecule has 0 radical (unpaired) electrons. The lowest BCUT2D eigenvalue weighted by atomic mass is 10.2. The molecule has 1 heterocycles. The van der Waals surface area contributed by atoms with Gasteiger partial charge in [-0.15, -0.1) is 0 Å². The number of ether oxygens (including phenoxy) is 1. The number of halogens is 1. The van der Waals surface area contributed by atoms with E-state index in [9.17, 15) is 0 Å². The molecule has 1 aromatic heterocycles. The van der Waals surface area contributed by atoms with Crippen LogP contribution in [0.15, 0.2) is 41.1 Å². The number of methoxy groups -OCH3 is 1. The lowest BCUT2D eigenvalue weighted by Crippen LogP contribution is -2.03. The summed E-state index contributed by atoms with van der Waals surface area (Å²) in [6.07, 6.45) is 4.16. The number of aromatic nitrogens is 1. The van der Waals surface area contributed by atoms with E-state index >= 15 is 0 Å². The Hall–Kier alpha value is -1.26. The van der Waals surface area contributed by atoms with E-state index in [4.69, 9.17) is 4.74 Å². The predicted octanol–water partition coefficient (Wildman–Crippen LogP) is 3.55. The fourth-order valence-electron chi connectivity index (χ4n) is 1.88. The van der Waals surface area contributed by atoms with Crippen molar-refractivity contribution in [2.45, 2.75) is 13.2 Å². The Labute approximate surface area is 116 Å². The molecule has 1 N–H and O–H groups in total. The first kappa shape index (κ1) is 13.2. The van der Waals surface area contributed by atoms with Gasteiger partial charge in [0.1, 0.15) is 0 Å². The van der Waals surface area contributed by atoms with Gasteiger partial charge in [0.05, 0.1) is 6.61 Å². The van der Waals surface area contributed by atoms with Crippen molar-refractivity contribution in [1.29, 1.82) is 0 Å². The minimum absolute atomic E-state index is 0.596. The van der Waals surface area contributed by atoms with E-state index in [1.165, 1.54) is 5.56 Å². The Balaban J connectivity index is 2.11. The Kier molecular flexibility index (Phi) is 4.44. The van der Waals surface area contributed by atoms with Crippen LogP contribution in [-0.2, 0) is 24.9 Å². The first-order valence-electron chi connectivity index (χ1n) is 5.81. The average Bonchev–Trinajstić information content (AvgIpc) is 2.76. The number of anilines is 1. The summed E-state index contributed by atoms with van der Waals surface area (Å²) in [6.45, 7) is 1.41. The average molecular weight is 309 g/mol. The van der Waals surface area contributed by atoms with Crippen molar-refractivity contribution in [2.24, 2.45) is 7.05 Å². The molecule has 0 saturated heterocycles. The molecule has 0 atom stereocenters. The molecule has 0 saturated carbocycles. The molecule has 0 unspecified atom stereocenters. The summed E-state index contributed by atoms with van der Waals surface area (Å²) < 4.78 is 8.35. The zero-order chi connectivity index (χ0) is 13.0. The number of rotatable bonds is 5. The quantitative estimate of drug-likeness (QED) is 0.914. The van der Waals surface area contributed by atoms with E-state index < -0.39 is 0 Å². The van der Waals surface area contributed by atoms with Crippen LogP contribution in [-0.4, -0.2) is 11.7 Å². The first-order valence-corrected chi connectivity index (χ1v) is 6.61. The monoisotopic (exact) mass is 308 g/mol. The SMILES string of the molecule is COCc1c(Br)cccc1NCc1ccn(C)c1. The Bertz CT molecular complexity index is 522. The predicted molar refractivity (Wildman–Crippen MR) is 77.6 cm³/mol. The highest BCUT2D eigenvalue weighted by Gasteiger charge is 2.06. The molecule has 0 amide bonds. The Morgan fingerprint density at radius 1 is 1.33 bits per heavy atom. The molecule has 0 aliphatic rings. The van der Waals surface area contributed by atoms with Crippen molar-refractivity contribution in [3.8, 4) is 0 Å². The summed E-state index contributed by atoms with van der Waals surface area (Å²) in [6, 6.07) is 8.24. The summed E-state index contributed by atoms with van der Waals surface area (Å²) in [5.41, 5.74) is 3.52. The molecule has 2 rings (SSSR count). The minimum atomic E-state index is 0.596. The fourth-order valence-corrected chi connectivity index (χ4v) is 2.36. The van der Waals surface area contributed by atoms with Crippen molar-refractivity contribution in [3.63, 3.8) is 0 Å². The molecular formula is C14H17BrN2O. The van der Waals surface area contributed by atoms with E-state index in [0.717, 1.165) is 22.3 Å². The molecule has 0 aliphatic carbocycles. The third-order valence-corrected chi connectivity index (χ3v) is 3.53. The van der Waals surface area contributed by atoms with Crippen molar-refractivity contribution in [3.05, 3.63) is 52.3 Å². The molecule has 3 nitrogen and oxygen atoms in total. The molecule has 96 valence electrons. The Morgan fingerprint density at radius 2 is 2.17 bits per heavy atom. The van der Waals surface area contributed by atoms with Crippen molar-refractivity contribution >= 4 is 21.6 Å². The highest BCUT2D eigenvalue weighted by molar-refractivity contribution is 9.10. The van der Waals surface area contributed by atoms with Crippen LogP contribution in [0.3, 0.4) is 0 Å². The van der Waals surface area contributed by atoms with Gasteiger partial charge in [-0.3, -0.25) is 0 Å². The number of benzene rings is 1. The van der Waals surface area contributed by atoms with E-state index in [0.29, 0.717) is 6.61 Å². The molecule has 0 spiro atoms. The first-order chi connectivity index (χ1) is 8.70. The molecule has 0 aliphatic heterocycles. The highest BCUT2D eigenvalue weighted by atomic mass is 79.9. The summed E-state index contributed by atoms with van der Waals surface area (Å²) in [4.78, 5) is 0. The summed E-state index contributed by atoms with van der Waals surface area (Å²) in [5, 5.41) is 3.45. The molecule has 2 aromatic rings. The second kappa shape index (κ2) is 6.07. The maximum absolute atomic E-state index is 5.23. The van der Waals surface area contributed by atoms with E-state index in [2.05, 4.69) is 39.6 Å². The van der Waals surface area contributed by atoms with E-state index in [-0.39, 0.29) is 0 Å². The maximum atomic E-state index is 5.23. The normalized spacial score (nSPS) is 10.6. The molecule has 4 heteroatoms. The topological polar surface area (TPSA) is 26.2 Å². The molecular weight excluding hydrogens is 292 g/mol. The zero-order valence-corrected chi connectivity index (χ0v) is 12.2. The minimum Gasteiger partial charge on any atom is -0.381 e. The third-order valence-electron chi connectivity index (χ3n) is 2.78. The number of nitrogens with zero attached hydrogens (tertiary/aromatic N) is 1. The third kappa shape index (κ3) is 3.15. The van der Waals surface area contributed by atoms with Crippen LogP contribution in [0.5, 0.6) is 0 Å². The van der Waals surface area contributed by atoms with Crippen LogP contribution in [0.1, 0.15) is 11.1 Å². The number of aryl methyl sites for hydroxylation is 1. The summed E-state index contributed by atoms with van der Waals surface area (Å²) in [7, 11) is 3.74. The smallest absolute Gasteiger partial charge is 0.0744 e. The Morgan fingerprint density at radius 3 is 2.83 bits per heavy atom. The zero-order valence-electron chi connectivity index (χ0n) is 10.6. The van der Waals surface area contributed by atoms with E-state index in [1.54, 1.807) is 7.11 Å². The standard InChI is InChI=1S/C14H17BrN2O/c1-17-7-6-11(9-17)8-16-14-5-3-4-13(15)12(14)10-18-2/h3-7,9,16H,8,10H2,1-2H3. The van der Waals surface area contributed by atoms with Gasteiger partial charge in [0, 0.05) is 48.8 Å². The van der Waals surface area contributed by atoms with Crippen LogP contribution >= 0.6 is 15.9 Å². The fraction of sp³-hybridized carbons (Fsp3) is 0.286. The van der Waals surface area contributed by atoms with Crippen LogP contribution in [0.2, 0.25) is 0 Å². The lowest BCUT2D eigenvalue weighted by molar-refractivity contribution is 0.185. The van der Waals surface area contributed by atoms with Crippen molar-refractivity contribution < 1.29 is 4.74 Å². The van der Waals surface area contributed by atoms with E-state index in [1.807, 2.05) is 29.9 Å². The van der Waals surface area contributed by atoms with Crippen LogP contribution in [0, 0.1) is 0 Å². The van der Waals surface area contributed by atoms with Crippen molar-refractivity contribution in [2.75, 3.05) is 12.4 Å². The van der Waals surface area contributed by atoms with Gasteiger partial charge < -0.3 is 14.6 Å². The molecule has 1 aromatic carbocycles. The van der Waals surface area contributed by atoms with Gasteiger partial charge in [-0.2, -0.15) is 0 Å². The van der Waals surface area contributed by atoms with Gasteiger partial charge in [-0.05, 0) is 23.8 Å². The van der Waals surface area contributed by atoms with Crippen LogP contribution in [0.25, 0.3) is 0 Å². The van der Waals surface area contributed by atoms with Crippen LogP contribution < -0.4 is 5.32 Å². The molecule has 0 bridgehead atoms. The number of nitrogens with one attached hydrogen (secondary N) is 1. The summed E-state index contributed by atoms with van der Waals surface area (Å²) >= 11 is 3.55. The van der Waals surface area contributed by atoms with Gasteiger partial charge in [0.25, 0.3) is 0 Å². The van der Waals surface area contributed by atoms with Gasteiger partial charge in [0.2, 0.25) is 0 Å². The second-order valence-corrected chi connectivity index (χ2v) is 5.09. The summed E-state index contributed by atoms with van der Waals surface area (Å²) in [5.74, 6) is 0. The van der Waals surface area contributed by atoms with Gasteiger partial charge >= 0.3 is 0 Å². The molecule has 0 fully saturated rings. The molecule has 18 heavy (non-hydrogen) atoms. The largest absolute Gasteiger partial charge is 0.381 e. The number of hydrogen-bond acceptors (Lipinski definition) is 2. The number of hydrogen-bond donors (Lipinski definition) is 1. The van der Waals surface area contributed by atoms with Crippen molar-refractivity contribution in [1.82, 2.24) is 4.57 Å².